The van der Waals surface area contributed by atoms with Gasteiger partial charge in [0.15, 0.2) is 0 Å². The van der Waals surface area contributed by atoms with E-state index in [-0.39, 0.29) is 5.25 Å². The summed E-state index contributed by atoms with van der Waals surface area (Å²) in [4.78, 5) is 3.45. The molecule has 102 valence electrons. The Labute approximate surface area is 123 Å². The summed E-state index contributed by atoms with van der Waals surface area (Å²) in [5.74, 6) is 0. The number of para-hydroxylation sites is 1. The van der Waals surface area contributed by atoms with Gasteiger partial charge in [-0.1, -0.05) is 59.8 Å². The number of nitrogens with two attached hydrogens (primary N) is 1. The molecule has 3 aromatic rings. The van der Waals surface area contributed by atoms with Gasteiger partial charge in [-0.15, -0.1) is 0 Å². The summed E-state index contributed by atoms with van der Waals surface area (Å²) in [5, 5.41) is 2.69. The molecular formula is C17H18N2S. The van der Waals surface area contributed by atoms with Crippen molar-refractivity contribution in [2.45, 2.75) is 17.2 Å². The first-order chi connectivity index (χ1) is 9.76. The number of fused-ring (bicyclic) bond motifs is 1. The monoisotopic (exact) mass is 282 g/mol. The van der Waals surface area contributed by atoms with Crippen LogP contribution in [-0.4, -0.2) is 11.5 Å². The standard InChI is InChI=1S/C17H18N2S/c1-12-6-8-13(9-7-12)16(11-18)20-17-10-14-4-2-3-5-15(14)19-17/h2-10,16,19H,11,18H2,1H3. The Hall–Kier alpha value is -1.71. The summed E-state index contributed by atoms with van der Waals surface area (Å²) in [5.41, 5.74) is 9.68. The Morgan fingerprint density at radius 1 is 1.10 bits per heavy atom. The Kier molecular flexibility index (Phi) is 3.81. The summed E-state index contributed by atoms with van der Waals surface area (Å²) in [7, 11) is 0. The third-order valence-corrected chi connectivity index (χ3v) is 4.66. The molecule has 0 spiro atoms. The number of hydrogen-bond donors (Lipinski definition) is 2. The van der Waals surface area contributed by atoms with Crippen LogP contribution in [0, 0.1) is 6.92 Å². The molecule has 0 aliphatic carbocycles. The van der Waals surface area contributed by atoms with Crippen molar-refractivity contribution < 1.29 is 0 Å². The van der Waals surface area contributed by atoms with Crippen LogP contribution in [0.2, 0.25) is 0 Å². The first kappa shape index (κ1) is 13.3. The Balaban J connectivity index is 1.85. The minimum absolute atomic E-state index is 0.281. The van der Waals surface area contributed by atoms with Crippen molar-refractivity contribution in [3.8, 4) is 0 Å². The van der Waals surface area contributed by atoms with E-state index >= 15 is 0 Å². The topological polar surface area (TPSA) is 41.8 Å². The zero-order chi connectivity index (χ0) is 13.9. The Morgan fingerprint density at radius 2 is 1.85 bits per heavy atom. The van der Waals surface area contributed by atoms with E-state index in [1.807, 2.05) is 6.07 Å². The number of H-pyrrole nitrogens is 1. The second-order valence-electron chi connectivity index (χ2n) is 4.97. The second kappa shape index (κ2) is 5.73. The normalized spacial score (nSPS) is 12.7. The van der Waals surface area contributed by atoms with E-state index in [2.05, 4.69) is 60.4 Å². The minimum Gasteiger partial charge on any atom is -0.350 e. The smallest absolute Gasteiger partial charge is 0.0738 e. The third kappa shape index (κ3) is 2.74. The molecule has 3 rings (SSSR count). The highest BCUT2D eigenvalue weighted by Crippen LogP contribution is 2.35. The van der Waals surface area contributed by atoms with Gasteiger partial charge in [0, 0.05) is 22.7 Å². The third-order valence-electron chi connectivity index (χ3n) is 3.44. The number of aromatic amines is 1. The largest absolute Gasteiger partial charge is 0.350 e. The zero-order valence-electron chi connectivity index (χ0n) is 11.5. The fourth-order valence-electron chi connectivity index (χ4n) is 2.30. The van der Waals surface area contributed by atoms with Crippen LogP contribution in [-0.2, 0) is 0 Å². The quantitative estimate of drug-likeness (QED) is 0.702. The van der Waals surface area contributed by atoms with Gasteiger partial charge < -0.3 is 10.7 Å². The molecule has 2 nitrogen and oxygen atoms in total. The van der Waals surface area contributed by atoms with Gasteiger partial charge >= 0.3 is 0 Å². The van der Waals surface area contributed by atoms with Gasteiger partial charge in [-0.05, 0) is 24.6 Å². The maximum absolute atomic E-state index is 5.95. The minimum atomic E-state index is 0.281. The molecular weight excluding hydrogens is 264 g/mol. The highest BCUT2D eigenvalue weighted by atomic mass is 32.2. The SMILES string of the molecule is Cc1ccc(C(CN)Sc2cc3ccccc3[nH]2)cc1. The van der Waals surface area contributed by atoms with E-state index < -0.39 is 0 Å². The van der Waals surface area contributed by atoms with E-state index in [1.54, 1.807) is 11.8 Å². The van der Waals surface area contributed by atoms with Crippen LogP contribution in [0.5, 0.6) is 0 Å². The highest BCUT2D eigenvalue weighted by Gasteiger charge is 2.12. The molecule has 2 aromatic carbocycles. The van der Waals surface area contributed by atoms with Crippen LogP contribution in [0.15, 0.2) is 59.6 Å². The van der Waals surface area contributed by atoms with Crippen molar-refractivity contribution >= 4 is 22.7 Å². The first-order valence-electron chi connectivity index (χ1n) is 6.77. The average molecular weight is 282 g/mol. The number of nitrogens with one attached hydrogen (secondary N) is 1. The van der Waals surface area contributed by atoms with E-state index in [1.165, 1.54) is 27.1 Å². The van der Waals surface area contributed by atoms with Gasteiger partial charge in [0.1, 0.15) is 0 Å². The van der Waals surface area contributed by atoms with Crippen molar-refractivity contribution in [1.82, 2.24) is 4.98 Å². The van der Waals surface area contributed by atoms with E-state index in [9.17, 15) is 0 Å². The number of aromatic nitrogens is 1. The number of thioether (sulfide) groups is 1. The van der Waals surface area contributed by atoms with Crippen molar-refractivity contribution in [3.63, 3.8) is 0 Å². The molecule has 0 aliphatic rings. The maximum atomic E-state index is 5.95. The molecule has 1 unspecified atom stereocenters. The summed E-state index contributed by atoms with van der Waals surface area (Å²) in [6.45, 7) is 2.73. The molecule has 0 fully saturated rings. The van der Waals surface area contributed by atoms with Crippen LogP contribution < -0.4 is 5.73 Å². The van der Waals surface area contributed by atoms with E-state index in [4.69, 9.17) is 5.73 Å². The molecule has 1 atom stereocenters. The van der Waals surface area contributed by atoms with Gasteiger partial charge in [-0.3, -0.25) is 0 Å². The van der Waals surface area contributed by atoms with Crippen molar-refractivity contribution in [1.29, 1.82) is 0 Å². The van der Waals surface area contributed by atoms with Crippen molar-refractivity contribution in [2.75, 3.05) is 6.54 Å². The lowest BCUT2D eigenvalue weighted by Crippen LogP contribution is -2.09. The van der Waals surface area contributed by atoms with Gasteiger partial charge in [0.05, 0.1) is 5.03 Å². The predicted octanol–water partition coefficient (Wildman–Crippen LogP) is 4.27. The molecule has 3 heteroatoms. The fourth-order valence-corrected chi connectivity index (χ4v) is 3.36. The van der Waals surface area contributed by atoms with Crippen LogP contribution in [0.1, 0.15) is 16.4 Å². The molecule has 1 aromatic heterocycles. The molecule has 3 N–H and O–H groups in total. The Morgan fingerprint density at radius 3 is 2.55 bits per heavy atom. The highest BCUT2D eigenvalue weighted by molar-refractivity contribution is 7.99. The fraction of sp³-hybridized carbons (Fsp3) is 0.176. The van der Waals surface area contributed by atoms with Crippen LogP contribution in [0.4, 0.5) is 0 Å². The molecule has 0 radical (unpaired) electrons. The van der Waals surface area contributed by atoms with Crippen LogP contribution in [0.3, 0.4) is 0 Å². The van der Waals surface area contributed by atoms with Gasteiger partial charge in [0.2, 0.25) is 0 Å². The van der Waals surface area contributed by atoms with Gasteiger partial charge in [-0.2, -0.15) is 0 Å². The van der Waals surface area contributed by atoms with Crippen LogP contribution >= 0.6 is 11.8 Å². The molecule has 0 saturated heterocycles. The number of rotatable bonds is 4. The second-order valence-corrected chi connectivity index (χ2v) is 6.22. The molecule has 0 bridgehead atoms. The number of benzene rings is 2. The lowest BCUT2D eigenvalue weighted by molar-refractivity contribution is 0.937. The number of aryl methyl sites for hydroxylation is 1. The summed E-state index contributed by atoms with van der Waals surface area (Å²) >= 11 is 1.79. The summed E-state index contributed by atoms with van der Waals surface area (Å²) < 4.78 is 0. The molecule has 0 aliphatic heterocycles. The first-order valence-corrected chi connectivity index (χ1v) is 7.65. The van der Waals surface area contributed by atoms with E-state index in [0.717, 1.165) is 0 Å². The molecule has 20 heavy (non-hydrogen) atoms. The van der Waals surface area contributed by atoms with E-state index in [0.29, 0.717) is 6.54 Å². The lowest BCUT2D eigenvalue weighted by Gasteiger charge is -2.14. The average Bonchev–Trinajstić information content (AvgIpc) is 2.88. The molecule has 0 saturated carbocycles. The van der Waals surface area contributed by atoms with Crippen LogP contribution in [0.25, 0.3) is 10.9 Å². The molecule has 1 heterocycles. The van der Waals surface area contributed by atoms with Gasteiger partial charge in [-0.25, -0.2) is 0 Å². The Bertz CT molecular complexity index is 667. The summed E-state index contributed by atoms with van der Waals surface area (Å²) in [6, 6.07) is 19.1. The van der Waals surface area contributed by atoms with Crippen molar-refractivity contribution in [2.24, 2.45) is 5.73 Å². The van der Waals surface area contributed by atoms with Crippen molar-refractivity contribution in [3.05, 3.63) is 65.7 Å². The number of hydrogen-bond acceptors (Lipinski definition) is 2. The predicted molar refractivity (Wildman–Crippen MR) is 87.1 cm³/mol. The maximum Gasteiger partial charge on any atom is 0.0738 e. The lowest BCUT2D eigenvalue weighted by atomic mass is 10.1. The zero-order valence-corrected chi connectivity index (χ0v) is 12.3. The summed E-state index contributed by atoms with van der Waals surface area (Å²) in [6.07, 6.45) is 0. The van der Waals surface area contributed by atoms with Gasteiger partial charge in [0.25, 0.3) is 0 Å². The molecule has 0 amide bonds.